The van der Waals surface area contributed by atoms with Gasteiger partial charge in [-0.2, -0.15) is 0 Å². The third-order valence-electron chi connectivity index (χ3n) is 3.68. The predicted octanol–water partition coefficient (Wildman–Crippen LogP) is 2.88. The highest BCUT2D eigenvalue weighted by molar-refractivity contribution is 5.36. The molecule has 1 aromatic rings. The molecule has 0 heterocycles. The first kappa shape index (κ1) is 10.7. The van der Waals surface area contributed by atoms with E-state index in [9.17, 15) is 0 Å². The summed E-state index contributed by atoms with van der Waals surface area (Å²) in [5.74, 6) is 1.52. The number of nitrogens with one attached hydrogen (secondary N) is 1. The average Bonchev–Trinajstić information content (AvgIpc) is 2.23. The van der Waals surface area contributed by atoms with Crippen LogP contribution in [0.4, 0.5) is 0 Å². The molecule has 0 amide bonds. The maximum Gasteiger partial charge on any atom is 0.00198 e. The van der Waals surface area contributed by atoms with Crippen molar-refractivity contribution in [3.63, 3.8) is 0 Å². The van der Waals surface area contributed by atoms with Gasteiger partial charge >= 0.3 is 0 Å². The standard InChI is InChI=1S/C14H21N/c1-10-4-6-12-7-5-11(2)14(9-15-3)13(12)8-10/h4,6,8,11,14-15H,5,7,9H2,1-3H3. The van der Waals surface area contributed by atoms with Crippen molar-refractivity contribution < 1.29 is 0 Å². The van der Waals surface area contributed by atoms with Crippen LogP contribution in [0.25, 0.3) is 0 Å². The van der Waals surface area contributed by atoms with E-state index in [2.05, 4.69) is 44.4 Å². The van der Waals surface area contributed by atoms with E-state index >= 15 is 0 Å². The Balaban J connectivity index is 2.36. The summed E-state index contributed by atoms with van der Waals surface area (Å²) in [5, 5.41) is 3.33. The van der Waals surface area contributed by atoms with E-state index in [4.69, 9.17) is 0 Å². The van der Waals surface area contributed by atoms with Crippen molar-refractivity contribution in [1.82, 2.24) is 5.32 Å². The zero-order valence-electron chi connectivity index (χ0n) is 10.0. The first-order valence-electron chi connectivity index (χ1n) is 5.96. The molecule has 2 unspecified atom stereocenters. The second-order valence-corrected chi connectivity index (χ2v) is 4.88. The summed E-state index contributed by atoms with van der Waals surface area (Å²) in [6, 6.07) is 6.94. The van der Waals surface area contributed by atoms with Gasteiger partial charge < -0.3 is 5.32 Å². The number of aryl methyl sites for hydroxylation is 2. The number of hydrogen-bond donors (Lipinski definition) is 1. The second kappa shape index (κ2) is 4.36. The summed E-state index contributed by atoms with van der Waals surface area (Å²) in [6.07, 6.45) is 2.60. The van der Waals surface area contributed by atoms with Gasteiger partial charge in [0, 0.05) is 6.54 Å². The van der Waals surface area contributed by atoms with Crippen LogP contribution in [0.1, 0.15) is 36.0 Å². The first-order chi connectivity index (χ1) is 7.22. The smallest absolute Gasteiger partial charge is 0.00198 e. The van der Waals surface area contributed by atoms with Crippen LogP contribution in [0, 0.1) is 12.8 Å². The van der Waals surface area contributed by atoms with Crippen LogP contribution in [-0.2, 0) is 6.42 Å². The minimum Gasteiger partial charge on any atom is -0.319 e. The SMILES string of the molecule is CNCC1c2cc(C)ccc2CCC1C. The summed E-state index contributed by atoms with van der Waals surface area (Å²) in [7, 11) is 2.05. The summed E-state index contributed by atoms with van der Waals surface area (Å²) in [4.78, 5) is 0. The van der Waals surface area contributed by atoms with Crippen molar-refractivity contribution in [2.45, 2.75) is 32.6 Å². The highest BCUT2D eigenvalue weighted by atomic mass is 14.8. The van der Waals surface area contributed by atoms with Crippen LogP contribution in [-0.4, -0.2) is 13.6 Å². The minimum absolute atomic E-state index is 0.707. The van der Waals surface area contributed by atoms with Gasteiger partial charge in [0.25, 0.3) is 0 Å². The van der Waals surface area contributed by atoms with E-state index in [1.807, 2.05) is 0 Å². The van der Waals surface area contributed by atoms with Gasteiger partial charge in [0.15, 0.2) is 0 Å². The van der Waals surface area contributed by atoms with Gasteiger partial charge in [-0.25, -0.2) is 0 Å². The van der Waals surface area contributed by atoms with Crippen molar-refractivity contribution in [1.29, 1.82) is 0 Å². The molecule has 15 heavy (non-hydrogen) atoms. The molecule has 0 aromatic heterocycles. The summed E-state index contributed by atoms with van der Waals surface area (Å²) >= 11 is 0. The van der Waals surface area contributed by atoms with E-state index < -0.39 is 0 Å². The highest BCUT2D eigenvalue weighted by Crippen LogP contribution is 2.35. The predicted molar refractivity (Wildman–Crippen MR) is 65.3 cm³/mol. The number of fused-ring (bicyclic) bond motifs is 1. The first-order valence-corrected chi connectivity index (χ1v) is 5.96. The molecule has 1 aliphatic carbocycles. The molecule has 0 fully saturated rings. The largest absolute Gasteiger partial charge is 0.319 e. The van der Waals surface area contributed by atoms with E-state index in [-0.39, 0.29) is 0 Å². The number of rotatable bonds is 2. The van der Waals surface area contributed by atoms with Crippen LogP contribution in [0.2, 0.25) is 0 Å². The molecule has 2 rings (SSSR count). The van der Waals surface area contributed by atoms with Crippen molar-refractivity contribution in [3.8, 4) is 0 Å². The molecule has 0 spiro atoms. The molecular weight excluding hydrogens is 182 g/mol. The van der Waals surface area contributed by atoms with E-state index in [1.54, 1.807) is 11.1 Å². The number of likely N-dealkylation sites (N-methyl/N-ethyl adjacent to an activating group) is 1. The van der Waals surface area contributed by atoms with Crippen LogP contribution in [0.15, 0.2) is 18.2 Å². The lowest BCUT2D eigenvalue weighted by molar-refractivity contribution is 0.392. The zero-order chi connectivity index (χ0) is 10.8. The van der Waals surface area contributed by atoms with Crippen LogP contribution in [0.5, 0.6) is 0 Å². The normalized spacial score (nSPS) is 25.0. The Labute approximate surface area is 92.9 Å². The fourth-order valence-corrected chi connectivity index (χ4v) is 2.71. The molecule has 0 aliphatic heterocycles. The van der Waals surface area contributed by atoms with Crippen LogP contribution in [0.3, 0.4) is 0 Å². The quantitative estimate of drug-likeness (QED) is 0.779. The second-order valence-electron chi connectivity index (χ2n) is 4.88. The molecule has 0 bridgehead atoms. The molecule has 1 N–H and O–H groups in total. The minimum atomic E-state index is 0.707. The highest BCUT2D eigenvalue weighted by Gasteiger charge is 2.25. The fraction of sp³-hybridized carbons (Fsp3) is 0.571. The molecule has 82 valence electrons. The third-order valence-corrected chi connectivity index (χ3v) is 3.68. The van der Waals surface area contributed by atoms with Crippen molar-refractivity contribution in [2.24, 2.45) is 5.92 Å². The maximum absolute atomic E-state index is 3.33. The maximum atomic E-state index is 3.33. The zero-order valence-corrected chi connectivity index (χ0v) is 10.0. The molecule has 0 saturated heterocycles. The van der Waals surface area contributed by atoms with Crippen LogP contribution < -0.4 is 5.32 Å². The number of hydrogen-bond acceptors (Lipinski definition) is 1. The Kier molecular flexibility index (Phi) is 3.11. The Bertz CT molecular complexity index is 343. The molecule has 0 radical (unpaired) electrons. The molecule has 1 aliphatic rings. The van der Waals surface area contributed by atoms with Crippen molar-refractivity contribution in [3.05, 3.63) is 34.9 Å². The third kappa shape index (κ3) is 2.07. The lowest BCUT2D eigenvalue weighted by Crippen LogP contribution is -2.27. The Morgan fingerprint density at radius 3 is 2.93 bits per heavy atom. The molecule has 2 atom stereocenters. The Morgan fingerprint density at radius 2 is 2.20 bits per heavy atom. The summed E-state index contributed by atoms with van der Waals surface area (Å²) in [5.41, 5.74) is 4.55. The lowest BCUT2D eigenvalue weighted by atomic mass is 9.75. The van der Waals surface area contributed by atoms with E-state index in [0.717, 1.165) is 12.5 Å². The van der Waals surface area contributed by atoms with Gasteiger partial charge in [0.1, 0.15) is 0 Å². The molecule has 1 nitrogen and oxygen atoms in total. The van der Waals surface area contributed by atoms with Crippen molar-refractivity contribution in [2.75, 3.05) is 13.6 Å². The Hall–Kier alpha value is -0.820. The average molecular weight is 203 g/mol. The van der Waals surface area contributed by atoms with Gasteiger partial charge in [-0.05, 0) is 49.8 Å². The van der Waals surface area contributed by atoms with E-state index in [1.165, 1.54) is 18.4 Å². The fourth-order valence-electron chi connectivity index (χ4n) is 2.71. The number of benzene rings is 1. The molecule has 1 heteroatoms. The van der Waals surface area contributed by atoms with Crippen LogP contribution >= 0.6 is 0 Å². The Morgan fingerprint density at radius 1 is 1.40 bits per heavy atom. The summed E-state index contributed by atoms with van der Waals surface area (Å²) < 4.78 is 0. The van der Waals surface area contributed by atoms with Gasteiger partial charge in [0.05, 0.1) is 0 Å². The summed E-state index contributed by atoms with van der Waals surface area (Å²) in [6.45, 7) is 5.68. The molecule has 0 saturated carbocycles. The molecule has 1 aromatic carbocycles. The van der Waals surface area contributed by atoms with Gasteiger partial charge in [-0.1, -0.05) is 30.7 Å². The van der Waals surface area contributed by atoms with Gasteiger partial charge in [0.2, 0.25) is 0 Å². The molecular formula is C14H21N. The topological polar surface area (TPSA) is 12.0 Å². The lowest BCUT2D eigenvalue weighted by Gasteiger charge is -2.31. The van der Waals surface area contributed by atoms with E-state index in [0.29, 0.717) is 5.92 Å². The van der Waals surface area contributed by atoms with Gasteiger partial charge in [-0.3, -0.25) is 0 Å². The van der Waals surface area contributed by atoms with Crippen molar-refractivity contribution >= 4 is 0 Å². The monoisotopic (exact) mass is 203 g/mol. The van der Waals surface area contributed by atoms with Gasteiger partial charge in [-0.15, -0.1) is 0 Å².